The minimum atomic E-state index is -1.01. The fourth-order valence-electron chi connectivity index (χ4n) is 1.04. The molecule has 1 rings (SSSR count). The third kappa shape index (κ3) is 2.35. The first-order valence-corrected chi connectivity index (χ1v) is 5.20. The maximum Gasteiger partial charge on any atom is 0.335 e. The minimum absolute atomic E-state index is 0.122. The molecule has 1 aromatic carbocycles. The monoisotopic (exact) mass is 210 g/mol. The zero-order valence-electron chi connectivity index (χ0n) is 7.90. The number of ketones is 1. The van der Waals surface area contributed by atoms with Crippen molar-refractivity contribution in [2.45, 2.75) is 11.8 Å². The number of hydrogen-bond donors (Lipinski definition) is 1. The van der Waals surface area contributed by atoms with E-state index in [9.17, 15) is 9.59 Å². The van der Waals surface area contributed by atoms with Gasteiger partial charge >= 0.3 is 5.97 Å². The van der Waals surface area contributed by atoms with Gasteiger partial charge in [0.25, 0.3) is 0 Å². The summed E-state index contributed by atoms with van der Waals surface area (Å²) in [5.74, 6) is -1.13. The predicted molar refractivity (Wildman–Crippen MR) is 55.2 cm³/mol. The molecule has 0 radical (unpaired) electrons. The lowest BCUT2D eigenvalue weighted by molar-refractivity contribution is 0.0696. The Labute approximate surface area is 86.1 Å². The van der Waals surface area contributed by atoms with Gasteiger partial charge in [0.15, 0.2) is 5.78 Å². The van der Waals surface area contributed by atoms with Crippen LogP contribution in [0.2, 0.25) is 0 Å². The van der Waals surface area contributed by atoms with Gasteiger partial charge in [0, 0.05) is 10.5 Å². The van der Waals surface area contributed by atoms with E-state index in [1.165, 1.54) is 24.8 Å². The summed E-state index contributed by atoms with van der Waals surface area (Å²) in [6, 6.07) is 4.64. The van der Waals surface area contributed by atoms with Crippen molar-refractivity contribution in [1.82, 2.24) is 0 Å². The van der Waals surface area contributed by atoms with Gasteiger partial charge < -0.3 is 5.11 Å². The Morgan fingerprint density at radius 2 is 1.79 bits per heavy atom. The highest BCUT2D eigenvalue weighted by Gasteiger charge is 2.08. The van der Waals surface area contributed by atoms with Gasteiger partial charge in [-0.05, 0) is 31.4 Å². The maximum atomic E-state index is 11.1. The van der Waals surface area contributed by atoms with Crippen LogP contribution in [0.4, 0.5) is 0 Å². The van der Waals surface area contributed by atoms with E-state index in [1.54, 1.807) is 12.1 Å². The first-order valence-electron chi connectivity index (χ1n) is 3.98. The molecule has 1 aromatic rings. The smallest absolute Gasteiger partial charge is 0.335 e. The quantitative estimate of drug-likeness (QED) is 0.614. The average molecular weight is 210 g/mol. The van der Waals surface area contributed by atoms with E-state index in [2.05, 4.69) is 0 Å². The number of benzene rings is 1. The summed E-state index contributed by atoms with van der Waals surface area (Å²) in [5.41, 5.74) is 0.594. The van der Waals surface area contributed by atoms with Crippen LogP contribution in [-0.2, 0) is 0 Å². The van der Waals surface area contributed by atoms with E-state index < -0.39 is 5.97 Å². The zero-order valence-corrected chi connectivity index (χ0v) is 8.72. The third-order valence-electron chi connectivity index (χ3n) is 1.80. The van der Waals surface area contributed by atoms with Crippen LogP contribution in [-0.4, -0.2) is 23.1 Å². The van der Waals surface area contributed by atoms with Crippen molar-refractivity contribution in [1.29, 1.82) is 0 Å². The second-order valence-corrected chi connectivity index (χ2v) is 3.69. The molecule has 0 saturated carbocycles. The number of Topliss-reactive ketones (excluding diaryl/α,β-unsaturated/α-hetero) is 1. The second kappa shape index (κ2) is 4.28. The molecule has 0 aliphatic carbocycles. The number of aromatic carboxylic acids is 1. The number of rotatable bonds is 3. The molecule has 0 aliphatic rings. The van der Waals surface area contributed by atoms with Crippen molar-refractivity contribution >= 4 is 23.5 Å². The SMILES string of the molecule is CSc1cc(C(C)=O)cc(C(=O)O)c1. The van der Waals surface area contributed by atoms with Gasteiger partial charge in [0.05, 0.1) is 5.56 Å². The topological polar surface area (TPSA) is 54.4 Å². The molecule has 0 atom stereocenters. The van der Waals surface area contributed by atoms with Crippen LogP contribution in [0.1, 0.15) is 27.6 Å². The molecule has 0 amide bonds. The Bertz CT molecular complexity index is 353. The van der Waals surface area contributed by atoms with E-state index in [1.807, 2.05) is 6.26 Å². The van der Waals surface area contributed by atoms with Crippen molar-refractivity contribution in [2.24, 2.45) is 0 Å². The predicted octanol–water partition coefficient (Wildman–Crippen LogP) is 2.31. The summed E-state index contributed by atoms with van der Waals surface area (Å²) in [6.07, 6.45) is 1.84. The lowest BCUT2D eigenvalue weighted by Crippen LogP contribution is -2.00. The van der Waals surface area contributed by atoms with E-state index >= 15 is 0 Å². The molecule has 14 heavy (non-hydrogen) atoms. The van der Waals surface area contributed by atoms with Crippen molar-refractivity contribution in [3.63, 3.8) is 0 Å². The Hall–Kier alpha value is -1.29. The number of thioether (sulfide) groups is 1. The van der Waals surface area contributed by atoms with Crippen LogP contribution in [0.5, 0.6) is 0 Å². The molecule has 0 fully saturated rings. The van der Waals surface area contributed by atoms with Crippen LogP contribution in [0.25, 0.3) is 0 Å². The molecule has 4 heteroatoms. The molecule has 0 heterocycles. The van der Waals surface area contributed by atoms with E-state index in [-0.39, 0.29) is 11.3 Å². The third-order valence-corrected chi connectivity index (χ3v) is 2.50. The zero-order chi connectivity index (χ0) is 10.7. The van der Waals surface area contributed by atoms with Gasteiger partial charge in [0.2, 0.25) is 0 Å². The molecule has 0 aliphatic heterocycles. The second-order valence-electron chi connectivity index (χ2n) is 2.81. The highest BCUT2D eigenvalue weighted by Crippen LogP contribution is 2.19. The summed E-state index contributed by atoms with van der Waals surface area (Å²) in [7, 11) is 0. The highest BCUT2D eigenvalue weighted by molar-refractivity contribution is 7.98. The van der Waals surface area contributed by atoms with Crippen LogP contribution >= 0.6 is 11.8 Å². The number of carboxylic acids is 1. The van der Waals surface area contributed by atoms with Crippen molar-refractivity contribution in [3.05, 3.63) is 29.3 Å². The molecular formula is C10H10O3S. The van der Waals surface area contributed by atoms with E-state index in [0.717, 1.165) is 4.90 Å². The van der Waals surface area contributed by atoms with Crippen molar-refractivity contribution in [2.75, 3.05) is 6.26 Å². The Morgan fingerprint density at radius 1 is 1.21 bits per heavy atom. The van der Waals surface area contributed by atoms with Crippen LogP contribution in [0, 0.1) is 0 Å². The normalized spacial score (nSPS) is 9.86. The Balaban J connectivity index is 3.27. The molecule has 0 aromatic heterocycles. The van der Waals surface area contributed by atoms with Gasteiger partial charge in [-0.3, -0.25) is 4.79 Å². The largest absolute Gasteiger partial charge is 0.478 e. The molecular weight excluding hydrogens is 200 g/mol. The van der Waals surface area contributed by atoms with Gasteiger partial charge in [-0.1, -0.05) is 0 Å². The first kappa shape index (κ1) is 10.8. The number of hydrogen-bond acceptors (Lipinski definition) is 3. The molecule has 3 nitrogen and oxygen atoms in total. The molecule has 0 unspecified atom stereocenters. The number of carboxylic acid groups (broad SMARTS) is 1. The lowest BCUT2D eigenvalue weighted by Gasteiger charge is -2.02. The highest BCUT2D eigenvalue weighted by atomic mass is 32.2. The van der Waals surface area contributed by atoms with Crippen LogP contribution < -0.4 is 0 Å². The Morgan fingerprint density at radius 3 is 2.21 bits per heavy atom. The molecule has 74 valence electrons. The van der Waals surface area contributed by atoms with Gasteiger partial charge in [-0.15, -0.1) is 11.8 Å². The standard InChI is InChI=1S/C10H10O3S/c1-6(11)7-3-8(10(12)13)5-9(4-7)14-2/h3-5H,1-2H3,(H,12,13). The lowest BCUT2D eigenvalue weighted by atomic mass is 10.1. The molecule has 1 N–H and O–H groups in total. The van der Waals surface area contributed by atoms with Crippen molar-refractivity contribution < 1.29 is 14.7 Å². The van der Waals surface area contributed by atoms with Crippen LogP contribution in [0.15, 0.2) is 23.1 Å². The molecule has 0 spiro atoms. The van der Waals surface area contributed by atoms with Gasteiger partial charge in [-0.2, -0.15) is 0 Å². The molecule has 0 saturated heterocycles. The summed E-state index contributed by atoms with van der Waals surface area (Å²) in [5, 5.41) is 8.79. The summed E-state index contributed by atoms with van der Waals surface area (Å²) >= 11 is 1.42. The number of carbonyl (C=O) groups excluding carboxylic acids is 1. The van der Waals surface area contributed by atoms with E-state index in [0.29, 0.717) is 5.56 Å². The van der Waals surface area contributed by atoms with Crippen LogP contribution in [0.3, 0.4) is 0 Å². The fourth-order valence-corrected chi connectivity index (χ4v) is 1.53. The number of carbonyl (C=O) groups is 2. The van der Waals surface area contributed by atoms with Crippen molar-refractivity contribution in [3.8, 4) is 0 Å². The average Bonchev–Trinajstić information content (AvgIpc) is 2.16. The van der Waals surface area contributed by atoms with Gasteiger partial charge in [-0.25, -0.2) is 4.79 Å². The molecule has 0 bridgehead atoms. The fraction of sp³-hybridized carbons (Fsp3) is 0.200. The summed E-state index contributed by atoms with van der Waals surface area (Å²) in [6.45, 7) is 1.42. The Kier molecular flexibility index (Phi) is 3.30. The first-order chi connectivity index (χ1) is 6.54. The van der Waals surface area contributed by atoms with E-state index in [4.69, 9.17) is 5.11 Å². The summed E-state index contributed by atoms with van der Waals surface area (Å²) in [4.78, 5) is 22.6. The summed E-state index contributed by atoms with van der Waals surface area (Å²) < 4.78 is 0. The maximum absolute atomic E-state index is 11.1. The van der Waals surface area contributed by atoms with Gasteiger partial charge in [0.1, 0.15) is 0 Å². The minimum Gasteiger partial charge on any atom is -0.478 e.